The Labute approximate surface area is 247 Å². The summed E-state index contributed by atoms with van der Waals surface area (Å²) in [6.07, 6.45) is 2.60. The smallest absolute Gasteiger partial charge is 0.335 e. The van der Waals surface area contributed by atoms with Crippen molar-refractivity contribution in [3.05, 3.63) is 112 Å². The van der Waals surface area contributed by atoms with Crippen molar-refractivity contribution in [2.24, 2.45) is 5.41 Å². The second-order valence-corrected chi connectivity index (χ2v) is 11.2. The fourth-order valence-electron chi connectivity index (χ4n) is 5.08. The summed E-state index contributed by atoms with van der Waals surface area (Å²) in [5.41, 5.74) is 5.00. The topological polar surface area (TPSA) is 125 Å². The maximum atomic E-state index is 14.3. The van der Waals surface area contributed by atoms with Crippen molar-refractivity contribution in [2.75, 3.05) is 0 Å². The molecule has 2 heterocycles. The third-order valence-electron chi connectivity index (χ3n) is 7.87. The van der Waals surface area contributed by atoms with Crippen LogP contribution in [0.4, 0.5) is 4.39 Å². The van der Waals surface area contributed by atoms with Crippen LogP contribution in [0.1, 0.15) is 58.2 Å². The number of aromatic nitrogens is 3. The van der Waals surface area contributed by atoms with Crippen molar-refractivity contribution in [3.63, 3.8) is 0 Å². The molecule has 1 aliphatic rings. The van der Waals surface area contributed by atoms with E-state index in [-0.39, 0.29) is 23.1 Å². The molecule has 1 N–H and O–H groups in total. The van der Waals surface area contributed by atoms with Crippen LogP contribution in [0.5, 0.6) is 5.88 Å². The highest BCUT2D eigenvalue weighted by Gasteiger charge is 2.38. The van der Waals surface area contributed by atoms with Crippen LogP contribution in [0.25, 0.3) is 22.3 Å². The first-order valence-corrected chi connectivity index (χ1v) is 13.8. The molecule has 0 unspecified atom stereocenters. The predicted octanol–water partition coefficient (Wildman–Crippen LogP) is 6.65. The third-order valence-corrected chi connectivity index (χ3v) is 7.87. The van der Waals surface area contributed by atoms with E-state index in [1.807, 2.05) is 18.2 Å². The van der Waals surface area contributed by atoms with E-state index in [9.17, 15) is 19.6 Å². The average molecular weight is 572 g/mol. The number of aromatic carboxylic acids is 1. The van der Waals surface area contributed by atoms with Gasteiger partial charge in [0.15, 0.2) is 0 Å². The summed E-state index contributed by atoms with van der Waals surface area (Å²) in [5.74, 6) is -0.433. The van der Waals surface area contributed by atoms with Crippen LogP contribution in [-0.2, 0) is 19.6 Å². The van der Waals surface area contributed by atoms with E-state index in [0.717, 1.165) is 47.4 Å². The molecule has 0 bridgehead atoms. The molecule has 0 radical (unpaired) electrons. The molecule has 0 saturated heterocycles. The Morgan fingerprint density at radius 1 is 1.02 bits per heavy atom. The highest BCUT2D eigenvalue weighted by molar-refractivity contribution is 5.92. The van der Waals surface area contributed by atoms with Gasteiger partial charge in [-0.15, -0.1) is 0 Å². The van der Waals surface area contributed by atoms with Gasteiger partial charge in [-0.05, 0) is 66.3 Å². The van der Waals surface area contributed by atoms with Gasteiger partial charge in [0.2, 0.25) is 5.88 Å². The van der Waals surface area contributed by atoms with E-state index in [2.05, 4.69) is 22.5 Å². The van der Waals surface area contributed by atoms with E-state index in [4.69, 9.17) is 15.0 Å². The second kappa shape index (κ2) is 11.0. The van der Waals surface area contributed by atoms with Gasteiger partial charge in [0.1, 0.15) is 18.2 Å². The number of carboxylic acids is 1. The van der Waals surface area contributed by atoms with E-state index < -0.39 is 11.8 Å². The summed E-state index contributed by atoms with van der Waals surface area (Å²) in [6.45, 7) is 2.89. The molecule has 0 spiro atoms. The number of nitriles is 2. The number of hydrogen-bond acceptors (Lipinski definition) is 6. The average Bonchev–Trinajstić information content (AvgIpc) is 3.66. The molecule has 0 amide bonds. The lowest BCUT2D eigenvalue weighted by molar-refractivity contribution is 0.0697. The number of imidazole rings is 1. The van der Waals surface area contributed by atoms with Crippen molar-refractivity contribution in [3.8, 4) is 29.3 Å². The lowest BCUT2D eigenvalue weighted by Gasteiger charge is -2.15. The zero-order chi connectivity index (χ0) is 30.1. The fourth-order valence-corrected chi connectivity index (χ4v) is 5.08. The molecule has 5 aromatic rings. The maximum Gasteiger partial charge on any atom is 0.335 e. The Morgan fingerprint density at radius 3 is 2.56 bits per heavy atom. The minimum atomic E-state index is -0.985. The van der Waals surface area contributed by atoms with E-state index in [0.29, 0.717) is 29.1 Å². The van der Waals surface area contributed by atoms with Crippen LogP contribution in [-0.4, -0.2) is 25.6 Å². The van der Waals surface area contributed by atoms with Crippen molar-refractivity contribution >= 4 is 17.0 Å². The van der Waals surface area contributed by atoms with Crippen LogP contribution >= 0.6 is 0 Å². The van der Waals surface area contributed by atoms with E-state index >= 15 is 0 Å². The zero-order valence-electron chi connectivity index (χ0n) is 23.3. The number of benzene rings is 3. The number of ether oxygens (including phenoxy) is 1. The molecule has 0 atom stereocenters. The number of hydrogen-bond donors (Lipinski definition) is 1. The van der Waals surface area contributed by atoms with E-state index in [1.165, 1.54) is 18.2 Å². The quantitative estimate of drug-likeness (QED) is 0.210. The first kappa shape index (κ1) is 27.6. The second-order valence-electron chi connectivity index (χ2n) is 11.2. The van der Waals surface area contributed by atoms with Gasteiger partial charge in [-0.1, -0.05) is 31.2 Å². The third kappa shape index (κ3) is 5.79. The molecule has 8 nitrogen and oxygen atoms in total. The summed E-state index contributed by atoms with van der Waals surface area (Å²) in [5, 5.41) is 28.5. The van der Waals surface area contributed by atoms with Gasteiger partial charge in [-0.3, -0.25) is 0 Å². The van der Waals surface area contributed by atoms with Crippen LogP contribution in [0.3, 0.4) is 0 Å². The Hall–Kier alpha value is -5.54. The fraction of sp³-hybridized carbons (Fsp3) is 0.206. The Balaban J connectivity index is 1.26. The summed E-state index contributed by atoms with van der Waals surface area (Å²) in [4.78, 5) is 21.0. The lowest BCUT2D eigenvalue weighted by Crippen LogP contribution is -2.12. The highest BCUT2D eigenvalue weighted by Crippen LogP contribution is 2.47. The molecular formula is C34H26FN5O3. The van der Waals surface area contributed by atoms with Crippen LogP contribution in [0.2, 0.25) is 0 Å². The molecule has 3 aromatic carbocycles. The Kier molecular flexibility index (Phi) is 7.09. The number of carboxylic acid groups (broad SMARTS) is 1. The molecule has 9 heteroatoms. The summed E-state index contributed by atoms with van der Waals surface area (Å²) < 4.78 is 22.1. The first-order chi connectivity index (χ1) is 20.7. The molecule has 6 rings (SSSR count). The zero-order valence-corrected chi connectivity index (χ0v) is 23.3. The monoisotopic (exact) mass is 571 g/mol. The minimum Gasteiger partial charge on any atom is -0.478 e. The van der Waals surface area contributed by atoms with Gasteiger partial charge < -0.3 is 14.4 Å². The Morgan fingerprint density at radius 2 is 1.84 bits per heavy atom. The summed E-state index contributed by atoms with van der Waals surface area (Å²) >= 11 is 0. The largest absolute Gasteiger partial charge is 0.478 e. The first-order valence-electron chi connectivity index (χ1n) is 13.8. The number of carbonyl (C=O) groups is 1. The number of rotatable bonds is 9. The van der Waals surface area contributed by atoms with Gasteiger partial charge in [-0.2, -0.15) is 10.5 Å². The van der Waals surface area contributed by atoms with Gasteiger partial charge in [0.25, 0.3) is 0 Å². The molecular weight excluding hydrogens is 545 g/mol. The van der Waals surface area contributed by atoms with Gasteiger partial charge >= 0.3 is 5.97 Å². The normalized spacial score (nSPS) is 13.3. The number of pyridine rings is 1. The van der Waals surface area contributed by atoms with Crippen LogP contribution < -0.4 is 4.74 Å². The maximum absolute atomic E-state index is 14.3. The van der Waals surface area contributed by atoms with Crippen molar-refractivity contribution in [1.29, 1.82) is 10.5 Å². The van der Waals surface area contributed by atoms with Crippen LogP contribution in [0.15, 0.2) is 72.8 Å². The summed E-state index contributed by atoms with van der Waals surface area (Å²) in [6, 6.07) is 24.2. The SMILES string of the molecule is CC1(Cn2c(Cc3ccc(-c4cccc(OCc5ccc(C#N)cc5F)n4)cc3C#N)nc3ccc(C(=O)O)cc32)CC1. The van der Waals surface area contributed by atoms with E-state index in [1.54, 1.807) is 42.5 Å². The molecule has 1 fully saturated rings. The number of fused-ring (bicyclic) bond motifs is 1. The van der Waals surface area contributed by atoms with Crippen molar-refractivity contribution in [2.45, 2.75) is 39.3 Å². The number of halogens is 1. The minimum absolute atomic E-state index is 0.0512. The van der Waals surface area contributed by atoms with Gasteiger partial charge in [-0.25, -0.2) is 19.2 Å². The standard InChI is InChI=1S/C34H26FN5O3/c1-34(11-12-34)20-40-30-15-24(33(41)42)9-10-29(30)38-31(40)16-22-7-8-23(14-26(22)18-37)28-3-2-4-32(39-28)43-19-25-6-5-21(17-36)13-27(25)35/h2-10,13-15H,11-12,16,19-20H2,1H3,(H,41,42). The molecule has 2 aromatic heterocycles. The number of nitrogens with zero attached hydrogens (tertiary/aromatic N) is 5. The predicted molar refractivity (Wildman–Crippen MR) is 157 cm³/mol. The molecule has 212 valence electrons. The molecule has 43 heavy (non-hydrogen) atoms. The van der Waals surface area contributed by atoms with Gasteiger partial charge in [0, 0.05) is 30.2 Å². The highest BCUT2D eigenvalue weighted by atomic mass is 19.1. The summed E-state index contributed by atoms with van der Waals surface area (Å²) in [7, 11) is 0. The lowest BCUT2D eigenvalue weighted by atomic mass is 10.00. The van der Waals surface area contributed by atoms with Crippen molar-refractivity contribution in [1.82, 2.24) is 14.5 Å². The van der Waals surface area contributed by atoms with Crippen molar-refractivity contribution < 1.29 is 19.0 Å². The molecule has 0 aliphatic heterocycles. The molecule has 1 aliphatic carbocycles. The van der Waals surface area contributed by atoms with Gasteiger partial charge in [0.05, 0.1) is 45.6 Å². The molecule has 1 saturated carbocycles. The van der Waals surface area contributed by atoms with Crippen LogP contribution in [0, 0.1) is 33.9 Å². The Bertz CT molecular complexity index is 1980.